The van der Waals surface area contributed by atoms with Gasteiger partial charge in [0.1, 0.15) is 5.82 Å². The molecule has 1 aliphatic carbocycles. The van der Waals surface area contributed by atoms with Gasteiger partial charge in [-0.2, -0.15) is 0 Å². The Kier molecular flexibility index (Phi) is 3.55. The smallest absolute Gasteiger partial charge is 0.271 e. The zero-order valence-corrected chi connectivity index (χ0v) is 9.69. The average molecular weight is 252 g/mol. The van der Waals surface area contributed by atoms with Crippen LogP contribution in [0.15, 0.2) is 18.2 Å². The largest absolute Gasteiger partial charge is 0.323 e. The van der Waals surface area contributed by atoms with Gasteiger partial charge in [0.15, 0.2) is 0 Å². The summed E-state index contributed by atoms with van der Waals surface area (Å²) in [5.74, 6) is -1.03. The summed E-state index contributed by atoms with van der Waals surface area (Å²) in [6, 6.07) is 3.10. The van der Waals surface area contributed by atoms with Gasteiger partial charge in [-0.1, -0.05) is 12.8 Å². The van der Waals surface area contributed by atoms with Crippen LogP contribution in [-0.2, 0) is 4.79 Å². The standard InChI is InChI=1S/C12H13FN2O3/c13-10-6-5-9(15(17)18)7-11(10)14-12(16)8-3-1-2-4-8/h5-8H,1-4H2,(H,14,16). The summed E-state index contributed by atoms with van der Waals surface area (Å²) in [7, 11) is 0. The minimum Gasteiger partial charge on any atom is -0.323 e. The summed E-state index contributed by atoms with van der Waals surface area (Å²) in [5, 5.41) is 13.0. The van der Waals surface area contributed by atoms with Crippen molar-refractivity contribution in [1.29, 1.82) is 0 Å². The number of amides is 1. The molecule has 18 heavy (non-hydrogen) atoms. The van der Waals surface area contributed by atoms with E-state index in [0.717, 1.165) is 43.9 Å². The topological polar surface area (TPSA) is 72.2 Å². The molecule has 96 valence electrons. The summed E-state index contributed by atoms with van der Waals surface area (Å²) < 4.78 is 13.4. The number of nitro groups is 1. The first kappa shape index (κ1) is 12.5. The van der Waals surface area contributed by atoms with Gasteiger partial charge in [-0.15, -0.1) is 0 Å². The number of nitro benzene ring substituents is 1. The number of benzene rings is 1. The molecule has 1 aromatic carbocycles. The van der Waals surface area contributed by atoms with Crippen molar-refractivity contribution in [3.05, 3.63) is 34.1 Å². The number of nitrogens with one attached hydrogen (secondary N) is 1. The molecule has 1 aliphatic rings. The predicted octanol–water partition coefficient (Wildman–Crippen LogP) is 2.86. The molecular formula is C12H13FN2O3. The number of hydrogen-bond acceptors (Lipinski definition) is 3. The molecule has 0 aromatic heterocycles. The third-order valence-electron chi connectivity index (χ3n) is 3.14. The number of hydrogen-bond donors (Lipinski definition) is 1. The van der Waals surface area contributed by atoms with E-state index in [9.17, 15) is 19.3 Å². The number of halogens is 1. The number of rotatable bonds is 3. The van der Waals surface area contributed by atoms with Crippen molar-refractivity contribution in [2.45, 2.75) is 25.7 Å². The van der Waals surface area contributed by atoms with Crippen LogP contribution < -0.4 is 5.32 Å². The van der Waals surface area contributed by atoms with Gasteiger partial charge in [0, 0.05) is 18.1 Å². The van der Waals surface area contributed by atoms with Crippen molar-refractivity contribution in [3.63, 3.8) is 0 Å². The first-order valence-corrected chi connectivity index (χ1v) is 5.83. The lowest BCUT2D eigenvalue weighted by Crippen LogP contribution is -2.21. The van der Waals surface area contributed by atoms with Crippen LogP contribution in [0.2, 0.25) is 0 Å². The second-order valence-electron chi connectivity index (χ2n) is 4.39. The third-order valence-corrected chi connectivity index (χ3v) is 3.14. The lowest BCUT2D eigenvalue weighted by molar-refractivity contribution is -0.384. The molecule has 0 spiro atoms. The van der Waals surface area contributed by atoms with Crippen molar-refractivity contribution < 1.29 is 14.1 Å². The van der Waals surface area contributed by atoms with Gasteiger partial charge in [0.05, 0.1) is 10.6 Å². The van der Waals surface area contributed by atoms with E-state index < -0.39 is 10.7 Å². The monoisotopic (exact) mass is 252 g/mol. The second-order valence-corrected chi connectivity index (χ2v) is 4.39. The molecule has 2 rings (SSSR count). The van der Waals surface area contributed by atoms with E-state index in [2.05, 4.69) is 5.32 Å². The Balaban J connectivity index is 2.14. The Labute approximate surface area is 103 Å². The number of carbonyl (C=O) groups excluding carboxylic acids is 1. The van der Waals surface area contributed by atoms with Crippen LogP contribution in [-0.4, -0.2) is 10.8 Å². The molecular weight excluding hydrogens is 239 g/mol. The molecule has 0 heterocycles. The number of anilines is 1. The minimum atomic E-state index is -0.660. The zero-order valence-electron chi connectivity index (χ0n) is 9.69. The van der Waals surface area contributed by atoms with Crippen molar-refractivity contribution in [3.8, 4) is 0 Å². The van der Waals surface area contributed by atoms with E-state index in [0.29, 0.717) is 0 Å². The van der Waals surface area contributed by atoms with E-state index in [-0.39, 0.29) is 23.2 Å². The minimum absolute atomic E-state index is 0.108. The lowest BCUT2D eigenvalue weighted by atomic mass is 10.1. The van der Waals surface area contributed by atoms with Crippen LogP contribution in [0.5, 0.6) is 0 Å². The average Bonchev–Trinajstić information content (AvgIpc) is 2.85. The predicted molar refractivity (Wildman–Crippen MR) is 63.6 cm³/mol. The SMILES string of the molecule is O=C(Nc1cc([N+](=O)[O-])ccc1F)C1CCCC1. The van der Waals surface area contributed by atoms with Gasteiger partial charge < -0.3 is 5.32 Å². The fraction of sp³-hybridized carbons (Fsp3) is 0.417. The highest BCUT2D eigenvalue weighted by molar-refractivity contribution is 5.93. The van der Waals surface area contributed by atoms with E-state index in [1.165, 1.54) is 0 Å². The van der Waals surface area contributed by atoms with E-state index >= 15 is 0 Å². The van der Waals surface area contributed by atoms with Crippen molar-refractivity contribution >= 4 is 17.3 Å². The van der Waals surface area contributed by atoms with Gasteiger partial charge in [-0.25, -0.2) is 4.39 Å². The maximum absolute atomic E-state index is 13.4. The molecule has 6 heteroatoms. The highest BCUT2D eigenvalue weighted by Gasteiger charge is 2.23. The zero-order chi connectivity index (χ0) is 13.1. The molecule has 0 atom stereocenters. The molecule has 1 saturated carbocycles. The summed E-state index contributed by atoms with van der Waals surface area (Å²) >= 11 is 0. The Morgan fingerprint density at radius 1 is 1.39 bits per heavy atom. The van der Waals surface area contributed by atoms with Crippen LogP contribution in [0.1, 0.15) is 25.7 Å². The molecule has 1 fully saturated rings. The highest BCUT2D eigenvalue weighted by Crippen LogP contribution is 2.27. The molecule has 1 aromatic rings. The molecule has 0 aliphatic heterocycles. The van der Waals surface area contributed by atoms with Crippen molar-refractivity contribution in [2.75, 3.05) is 5.32 Å². The molecule has 0 unspecified atom stereocenters. The van der Waals surface area contributed by atoms with Crippen LogP contribution in [0, 0.1) is 21.8 Å². The van der Waals surface area contributed by atoms with Crippen LogP contribution in [0.4, 0.5) is 15.8 Å². The maximum atomic E-state index is 13.4. The van der Waals surface area contributed by atoms with Crippen molar-refractivity contribution in [2.24, 2.45) is 5.92 Å². The molecule has 0 radical (unpaired) electrons. The maximum Gasteiger partial charge on any atom is 0.271 e. The Bertz CT molecular complexity index is 484. The quantitative estimate of drug-likeness (QED) is 0.664. The van der Waals surface area contributed by atoms with Gasteiger partial charge >= 0.3 is 0 Å². The van der Waals surface area contributed by atoms with Gasteiger partial charge in [0.2, 0.25) is 5.91 Å². The van der Waals surface area contributed by atoms with Gasteiger partial charge in [-0.05, 0) is 18.9 Å². The molecule has 1 amide bonds. The first-order valence-electron chi connectivity index (χ1n) is 5.83. The highest BCUT2D eigenvalue weighted by atomic mass is 19.1. The van der Waals surface area contributed by atoms with E-state index in [1.807, 2.05) is 0 Å². The fourth-order valence-corrected chi connectivity index (χ4v) is 2.15. The summed E-state index contributed by atoms with van der Waals surface area (Å²) in [5.41, 5.74) is -0.362. The van der Waals surface area contributed by atoms with E-state index in [4.69, 9.17) is 0 Å². The van der Waals surface area contributed by atoms with Gasteiger partial charge in [-0.3, -0.25) is 14.9 Å². The van der Waals surface area contributed by atoms with Gasteiger partial charge in [0.25, 0.3) is 5.69 Å². The second kappa shape index (κ2) is 5.12. The fourth-order valence-electron chi connectivity index (χ4n) is 2.15. The summed E-state index contributed by atoms with van der Waals surface area (Å²) in [6.07, 6.45) is 3.58. The summed E-state index contributed by atoms with van der Waals surface area (Å²) in [6.45, 7) is 0. The number of non-ortho nitro benzene ring substituents is 1. The molecule has 0 saturated heterocycles. The van der Waals surface area contributed by atoms with E-state index in [1.54, 1.807) is 0 Å². The van der Waals surface area contributed by atoms with Crippen molar-refractivity contribution in [1.82, 2.24) is 0 Å². The molecule has 0 bridgehead atoms. The normalized spacial score (nSPS) is 15.6. The summed E-state index contributed by atoms with van der Waals surface area (Å²) in [4.78, 5) is 21.8. The Morgan fingerprint density at radius 2 is 2.06 bits per heavy atom. The lowest BCUT2D eigenvalue weighted by Gasteiger charge is -2.10. The first-order chi connectivity index (χ1) is 8.58. The third kappa shape index (κ3) is 2.64. The molecule has 1 N–H and O–H groups in total. The van der Waals surface area contributed by atoms with Crippen LogP contribution in [0.3, 0.4) is 0 Å². The van der Waals surface area contributed by atoms with Crippen LogP contribution in [0.25, 0.3) is 0 Å². The number of carbonyl (C=O) groups is 1. The Hall–Kier alpha value is -1.98. The Morgan fingerprint density at radius 3 is 2.67 bits per heavy atom. The molecule has 5 nitrogen and oxygen atoms in total. The number of nitrogens with zero attached hydrogens (tertiary/aromatic N) is 1. The van der Waals surface area contributed by atoms with Crippen LogP contribution >= 0.6 is 0 Å².